The van der Waals surface area contributed by atoms with E-state index in [1.54, 1.807) is 0 Å². The Morgan fingerprint density at radius 3 is 2.31 bits per heavy atom. The summed E-state index contributed by atoms with van der Waals surface area (Å²) in [6, 6.07) is 0. The van der Waals surface area contributed by atoms with Gasteiger partial charge in [-0.2, -0.15) is 0 Å². The highest BCUT2D eigenvalue weighted by Gasteiger charge is 1.99. The Labute approximate surface area is 94.7 Å². The molecule has 0 aromatic rings. The number of halogens is 1. The molecular formula is C8H18INO2S. The molecule has 0 spiro atoms. The van der Waals surface area contributed by atoms with Gasteiger partial charge in [0.2, 0.25) is 0 Å². The number of sulfone groups is 1. The largest absolute Gasteiger partial charge is 0.317 e. The van der Waals surface area contributed by atoms with Gasteiger partial charge in [-0.3, -0.25) is 0 Å². The molecule has 0 saturated heterocycles. The van der Waals surface area contributed by atoms with Crippen molar-refractivity contribution in [3.63, 3.8) is 0 Å². The molecule has 0 aromatic heterocycles. The summed E-state index contributed by atoms with van der Waals surface area (Å²) in [5.74, 6) is 0.298. The fourth-order valence-corrected chi connectivity index (χ4v) is 2.14. The lowest BCUT2D eigenvalue weighted by Gasteiger charge is -2.02. The van der Waals surface area contributed by atoms with E-state index in [0.29, 0.717) is 5.75 Å². The topological polar surface area (TPSA) is 46.2 Å². The van der Waals surface area contributed by atoms with Crippen LogP contribution in [0.25, 0.3) is 0 Å². The van der Waals surface area contributed by atoms with E-state index < -0.39 is 9.84 Å². The number of unbranched alkanes of at least 4 members (excludes halogenated alkanes) is 1. The summed E-state index contributed by atoms with van der Waals surface area (Å²) in [5, 5.41) is 3.22. The van der Waals surface area contributed by atoms with Crippen molar-refractivity contribution in [1.29, 1.82) is 0 Å². The Morgan fingerprint density at radius 1 is 1.15 bits per heavy atom. The molecule has 0 bridgehead atoms. The predicted octanol–water partition coefficient (Wildman–Crippen LogP) is 1.23. The van der Waals surface area contributed by atoms with E-state index >= 15 is 0 Å². The summed E-state index contributed by atoms with van der Waals surface area (Å²) in [6.07, 6.45) is 4.42. The molecule has 0 radical (unpaired) electrons. The lowest BCUT2D eigenvalue weighted by atomic mass is 10.3. The molecule has 3 nitrogen and oxygen atoms in total. The smallest absolute Gasteiger partial charge is 0.147 e. The maximum Gasteiger partial charge on any atom is 0.147 e. The van der Waals surface area contributed by atoms with Crippen molar-refractivity contribution in [3.8, 4) is 0 Å². The standard InChI is InChI=1S/C8H18INO2S/c1-13(11,12)8-4-7-10-6-3-2-5-9/h10H,2-8H2,1H3. The van der Waals surface area contributed by atoms with E-state index in [4.69, 9.17) is 0 Å². The Kier molecular flexibility index (Phi) is 8.38. The first kappa shape index (κ1) is 13.6. The van der Waals surface area contributed by atoms with Gasteiger partial charge in [0.05, 0.1) is 5.75 Å². The molecule has 0 heterocycles. The van der Waals surface area contributed by atoms with Gasteiger partial charge >= 0.3 is 0 Å². The van der Waals surface area contributed by atoms with Crippen LogP contribution in [0.1, 0.15) is 19.3 Å². The van der Waals surface area contributed by atoms with Crippen LogP contribution in [0.15, 0.2) is 0 Å². The van der Waals surface area contributed by atoms with Crippen LogP contribution >= 0.6 is 22.6 Å². The average molecular weight is 319 g/mol. The van der Waals surface area contributed by atoms with Crippen LogP contribution in [-0.2, 0) is 9.84 Å². The van der Waals surface area contributed by atoms with E-state index in [-0.39, 0.29) is 0 Å². The molecule has 0 saturated carbocycles. The van der Waals surface area contributed by atoms with Gasteiger partial charge in [0, 0.05) is 6.26 Å². The SMILES string of the molecule is CS(=O)(=O)CCCNCCCCI. The van der Waals surface area contributed by atoms with Crippen LogP contribution in [-0.4, -0.2) is 37.9 Å². The second-order valence-corrected chi connectivity index (χ2v) is 6.47. The molecule has 0 aromatic carbocycles. The van der Waals surface area contributed by atoms with Crippen LogP contribution in [0.3, 0.4) is 0 Å². The maximum absolute atomic E-state index is 10.7. The second-order valence-electron chi connectivity index (χ2n) is 3.13. The molecule has 13 heavy (non-hydrogen) atoms. The van der Waals surface area contributed by atoms with Crippen LogP contribution in [0.5, 0.6) is 0 Å². The van der Waals surface area contributed by atoms with E-state index in [2.05, 4.69) is 27.9 Å². The van der Waals surface area contributed by atoms with Crippen LogP contribution in [0.4, 0.5) is 0 Å². The summed E-state index contributed by atoms with van der Waals surface area (Å²) in [4.78, 5) is 0. The number of hydrogen-bond donors (Lipinski definition) is 1. The van der Waals surface area contributed by atoms with Gasteiger partial charge in [0.1, 0.15) is 9.84 Å². The molecule has 0 atom stereocenters. The lowest BCUT2D eigenvalue weighted by Crippen LogP contribution is -2.19. The summed E-state index contributed by atoms with van der Waals surface area (Å²) >= 11 is 2.36. The highest BCUT2D eigenvalue weighted by Crippen LogP contribution is 1.92. The molecule has 5 heteroatoms. The minimum absolute atomic E-state index is 0.298. The Morgan fingerprint density at radius 2 is 1.77 bits per heavy atom. The molecular weight excluding hydrogens is 301 g/mol. The number of rotatable bonds is 8. The third kappa shape index (κ3) is 12.6. The van der Waals surface area contributed by atoms with Crippen LogP contribution in [0.2, 0.25) is 0 Å². The molecule has 0 fully saturated rings. The fourth-order valence-electron chi connectivity index (χ4n) is 0.929. The summed E-state index contributed by atoms with van der Waals surface area (Å²) < 4.78 is 22.7. The van der Waals surface area contributed by atoms with Crippen molar-refractivity contribution in [3.05, 3.63) is 0 Å². The Balaban J connectivity index is 3.09. The number of hydrogen-bond acceptors (Lipinski definition) is 3. The van der Waals surface area contributed by atoms with Crippen molar-refractivity contribution < 1.29 is 8.42 Å². The molecule has 0 unspecified atom stereocenters. The monoisotopic (exact) mass is 319 g/mol. The first-order chi connectivity index (χ1) is 6.06. The van der Waals surface area contributed by atoms with Gasteiger partial charge in [-0.1, -0.05) is 22.6 Å². The van der Waals surface area contributed by atoms with E-state index in [1.807, 2.05) is 0 Å². The van der Waals surface area contributed by atoms with Crippen LogP contribution in [0, 0.1) is 0 Å². The maximum atomic E-state index is 10.7. The van der Waals surface area contributed by atoms with Gasteiger partial charge in [-0.05, 0) is 36.8 Å². The van der Waals surface area contributed by atoms with E-state index in [1.165, 1.54) is 23.5 Å². The molecule has 0 aliphatic heterocycles. The third-order valence-electron chi connectivity index (χ3n) is 1.61. The zero-order valence-corrected chi connectivity index (χ0v) is 11.0. The molecule has 0 aliphatic carbocycles. The van der Waals surface area contributed by atoms with Gasteiger partial charge in [0.25, 0.3) is 0 Å². The van der Waals surface area contributed by atoms with Crippen molar-refractivity contribution in [2.24, 2.45) is 0 Å². The summed E-state index contributed by atoms with van der Waals surface area (Å²) in [5.41, 5.74) is 0. The molecule has 0 aliphatic rings. The highest BCUT2D eigenvalue weighted by atomic mass is 127. The first-order valence-corrected chi connectivity index (χ1v) is 8.09. The molecule has 1 N–H and O–H groups in total. The molecule has 80 valence electrons. The van der Waals surface area contributed by atoms with Crippen molar-refractivity contribution in [2.45, 2.75) is 19.3 Å². The Bertz CT molecular complexity index is 204. The Hall–Kier alpha value is 0.640. The predicted molar refractivity (Wildman–Crippen MR) is 65.3 cm³/mol. The van der Waals surface area contributed by atoms with Gasteiger partial charge in [0.15, 0.2) is 0 Å². The normalized spacial score (nSPS) is 11.8. The number of nitrogens with one attached hydrogen (secondary N) is 1. The highest BCUT2D eigenvalue weighted by molar-refractivity contribution is 14.1. The third-order valence-corrected chi connectivity index (χ3v) is 3.40. The van der Waals surface area contributed by atoms with Gasteiger partial charge in [-0.25, -0.2) is 8.42 Å². The molecule has 0 rings (SSSR count). The quantitative estimate of drug-likeness (QED) is 0.416. The van der Waals surface area contributed by atoms with Crippen molar-refractivity contribution in [1.82, 2.24) is 5.32 Å². The van der Waals surface area contributed by atoms with Crippen LogP contribution < -0.4 is 5.32 Å². The summed E-state index contributed by atoms with van der Waals surface area (Å²) in [7, 11) is -2.76. The zero-order chi connectivity index (χ0) is 10.2. The van der Waals surface area contributed by atoms with E-state index in [0.717, 1.165) is 19.5 Å². The van der Waals surface area contributed by atoms with Crippen molar-refractivity contribution >= 4 is 32.4 Å². The lowest BCUT2D eigenvalue weighted by molar-refractivity contribution is 0.591. The van der Waals surface area contributed by atoms with Gasteiger partial charge in [-0.15, -0.1) is 0 Å². The number of alkyl halides is 1. The van der Waals surface area contributed by atoms with Crippen molar-refractivity contribution in [2.75, 3.05) is 29.5 Å². The summed E-state index contributed by atoms with van der Waals surface area (Å²) in [6.45, 7) is 1.82. The molecule has 0 amide bonds. The van der Waals surface area contributed by atoms with E-state index in [9.17, 15) is 8.42 Å². The average Bonchev–Trinajstić information content (AvgIpc) is 2.01. The first-order valence-electron chi connectivity index (χ1n) is 4.50. The zero-order valence-electron chi connectivity index (χ0n) is 8.05. The minimum Gasteiger partial charge on any atom is -0.317 e. The second kappa shape index (κ2) is 7.99. The minimum atomic E-state index is -2.76. The fraction of sp³-hybridized carbons (Fsp3) is 1.00. The van der Waals surface area contributed by atoms with Gasteiger partial charge < -0.3 is 5.32 Å².